The normalized spacial score (nSPS) is 10.9. The van der Waals surface area contributed by atoms with Crippen molar-refractivity contribution in [2.45, 2.75) is 6.92 Å². The first-order valence-electron chi connectivity index (χ1n) is 6.29. The summed E-state index contributed by atoms with van der Waals surface area (Å²) in [7, 11) is 0. The van der Waals surface area contributed by atoms with Crippen LogP contribution in [0.15, 0.2) is 59.8 Å². The standard InChI is InChI=1S/C15H16N4O/c1-12(14-9-5-6-10-16-14)18-19-15(20)11-17-13-7-3-2-4-8-13/h2-10,17H,11H2,1H3,(H,19,20)/b18-12-. The Kier molecular flexibility index (Phi) is 4.83. The van der Waals surface area contributed by atoms with E-state index in [4.69, 9.17) is 0 Å². The number of aromatic nitrogens is 1. The number of nitrogens with zero attached hydrogens (tertiary/aromatic N) is 2. The SMILES string of the molecule is C/C(=N/NC(=O)CNc1ccccc1)c1ccccn1. The van der Waals surface area contributed by atoms with Crippen LogP contribution in [0.1, 0.15) is 12.6 Å². The first-order chi connectivity index (χ1) is 9.75. The number of benzene rings is 1. The molecule has 1 amide bonds. The number of hydrogen-bond donors (Lipinski definition) is 2. The molecule has 0 unspecified atom stereocenters. The van der Waals surface area contributed by atoms with E-state index in [9.17, 15) is 4.79 Å². The highest BCUT2D eigenvalue weighted by molar-refractivity contribution is 5.97. The third-order valence-electron chi connectivity index (χ3n) is 2.61. The lowest BCUT2D eigenvalue weighted by Gasteiger charge is -2.05. The van der Waals surface area contributed by atoms with Gasteiger partial charge in [-0.2, -0.15) is 5.10 Å². The molecule has 2 N–H and O–H groups in total. The molecule has 102 valence electrons. The van der Waals surface area contributed by atoms with Gasteiger partial charge in [0, 0.05) is 11.9 Å². The third-order valence-corrected chi connectivity index (χ3v) is 2.61. The number of anilines is 1. The minimum Gasteiger partial charge on any atom is -0.376 e. The molecule has 0 aliphatic carbocycles. The second-order valence-electron chi connectivity index (χ2n) is 4.17. The van der Waals surface area contributed by atoms with Gasteiger partial charge in [0.1, 0.15) is 0 Å². The van der Waals surface area contributed by atoms with E-state index in [1.54, 1.807) is 13.1 Å². The van der Waals surface area contributed by atoms with E-state index in [-0.39, 0.29) is 12.5 Å². The van der Waals surface area contributed by atoms with Gasteiger partial charge in [0.05, 0.1) is 18.0 Å². The minimum atomic E-state index is -0.205. The molecule has 0 saturated carbocycles. The van der Waals surface area contributed by atoms with Crippen LogP contribution in [0.3, 0.4) is 0 Å². The number of para-hydroxylation sites is 1. The Morgan fingerprint density at radius 2 is 1.90 bits per heavy atom. The molecule has 5 nitrogen and oxygen atoms in total. The van der Waals surface area contributed by atoms with E-state index in [0.29, 0.717) is 5.71 Å². The number of carbonyl (C=O) groups excluding carboxylic acids is 1. The number of amides is 1. The molecule has 20 heavy (non-hydrogen) atoms. The lowest BCUT2D eigenvalue weighted by atomic mass is 10.3. The van der Waals surface area contributed by atoms with Crippen molar-refractivity contribution in [1.29, 1.82) is 0 Å². The molecule has 0 aliphatic rings. The minimum absolute atomic E-state index is 0.170. The zero-order chi connectivity index (χ0) is 14.2. The summed E-state index contributed by atoms with van der Waals surface area (Å²) in [6.07, 6.45) is 1.69. The summed E-state index contributed by atoms with van der Waals surface area (Å²) >= 11 is 0. The van der Waals surface area contributed by atoms with Crippen LogP contribution in [0.4, 0.5) is 5.69 Å². The van der Waals surface area contributed by atoms with Crippen molar-refractivity contribution < 1.29 is 4.79 Å². The fraction of sp³-hybridized carbons (Fsp3) is 0.133. The highest BCUT2D eigenvalue weighted by Gasteiger charge is 2.01. The van der Waals surface area contributed by atoms with Gasteiger partial charge in [0.2, 0.25) is 0 Å². The van der Waals surface area contributed by atoms with Crippen LogP contribution in [0.25, 0.3) is 0 Å². The van der Waals surface area contributed by atoms with Gasteiger partial charge in [-0.1, -0.05) is 24.3 Å². The lowest BCUT2D eigenvalue weighted by Crippen LogP contribution is -2.26. The van der Waals surface area contributed by atoms with E-state index in [0.717, 1.165) is 11.4 Å². The van der Waals surface area contributed by atoms with Gasteiger partial charge >= 0.3 is 0 Å². The zero-order valence-corrected chi connectivity index (χ0v) is 11.2. The summed E-state index contributed by atoms with van der Waals surface area (Å²) in [6, 6.07) is 15.1. The molecule has 0 atom stereocenters. The fourth-order valence-electron chi connectivity index (χ4n) is 1.56. The van der Waals surface area contributed by atoms with Crippen LogP contribution >= 0.6 is 0 Å². The first kappa shape index (κ1) is 13.7. The van der Waals surface area contributed by atoms with Gasteiger partial charge in [0.15, 0.2) is 0 Å². The predicted molar refractivity (Wildman–Crippen MR) is 79.5 cm³/mol. The summed E-state index contributed by atoms with van der Waals surface area (Å²) in [5.41, 5.74) is 4.80. The molecule has 1 aromatic carbocycles. The number of carbonyl (C=O) groups is 1. The Bertz CT molecular complexity index is 581. The average Bonchev–Trinajstić information content (AvgIpc) is 2.52. The third kappa shape index (κ3) is 4.20. The Morgan fingerprint density at radius 1 is 1.15 bits per heavy atom. The van der Waals surface area contributed by atoms with Crippen molar-refractivity contribution in [2.75, 3.05) is 11.9 Å². The summed E-state index contributed by atoms with van der Waals surface area (Å²) in [5.74, 6) is -0.205. The number of pyridine rings is 1. The van der Waals surface area contributed by atoms with Crippen LogP contribution in [-0.4, -0.2) is 23.1 Å². The maximum atomic E-state index is 11.7. The second kappa shape index (κ2) is 7.04. The largest absolute Gasteiger partial charge is 0.376 e. The second-order valence-corrected chi connectivity index (χ2v) is 4.17. The molecule has 0 spiro atoms. The fourth-order valence-corrected chi connectivity index (χ4v) is 1.56. The Hall–Kier alpha value is -2.69. The van der Waals surface area contributed by atoms with E-state index in [2.05, 4.69) is 20.8 Å². The van der Waals surface area contributed by atoms with Gasteiger partial charge < -0.3 is 5.32 Å². The smallest absolute Gasteiger partial charge is 0.259 e. The lowest BCUT2D eigenvalue weighted by molar-refractivity contribution is -0.119. The summed E-state index contributed by atoms with van der Waals surface area (Å²) in [4.78, 5) is 15.8. The summed E-state index contributed by atoms with van der Waals surface area (Å²) < 4.78 is 0. The van der Waals surface area contributed by atoms with Crippen molar-refractivity contribution in [3.8, 4) is 0 Å². The molecule has 0 radical (unpaired) electrons. The van der Waals surface area contributed by atoms with E-state index < -0.39 is 0 Å². The van der Waals surface area contributed by atoms with Gasteiger partial charge in [-0.25, -0.2) is 5.43 Å². The maximum Gasteiger partial charge on any atom is 0.259 e. The Balaban J connectivity index is 1.83. The van der Waals surface area contributed by atoms with Crippen LogP contribution in [-0.2, 0) is 4.79 Å². The number of nitrogens with one attached hydrogen (secondary N) is 2. The van der Waals surface area contributed by atoms with Gasteiger partial charge in [-0.3, -0.25) is 9.78 Å². The topological polar surface area (TPSA) is 66.4 Å². The highest BCUT2D eigenvalue weighted by atomic mass is 16.2. The summed E-state index contributed by atoms with van der Waals surface area (Å²) in [6.45, 7) is 1.97. The number of hydrazone groups is 1. The van der Waals surface area contributed by atoms with E-state index in [1.807, 2.05) is 48.5 Å². The summed E-state index contributed by atoms with van der Waals surface area (Å²) in [5, 5.41) is 7.03. The number of rotatable bonds is 5. The van der Waals surface area contributed by atoms with Gasteiger partial charge in [0.25, 0.3) is 5.91 Å². The van der Waals surface area contributed by atoms with Crippen molar-refractivity contribution in [2.24, 2.45) is 5.10 Å². The molecule has 0 fully saturated rings. The zero-order valence-electron chi connectivity index (χ0n) is 11.2. The van der Waals surface area contributed by atoms with Crippen molar-refractivity contribution in [3.63, 3.8) is 0 Å². The van der Waals surface area contributed by atoms with Crippen LogP contribution < -0.4 is 10.7 Å². The maximum absolute atomic E-state index is 11.7. The molecule has 0 aliphatic heterocycles. The van der Waals surface area contributed by atoms with Crippen molar-refractivity contribution >= 4 is 17.3 Å². The number of hydrogen-bond acceptors (Lipinski definition) is 4. The van der Waals surface area contributed by atoms with Crippen LogP contribution in [0.5, 0.6) is 0 Å². The molecule has 1 aromatic heterocycles. The monoisotopic (exact) mass is 268 g/mol. The molecule has 0 saturated heterocycles. The molecule has 2 rings (SSSR count). The van der Waals surface area contributed by atoms with Crippen molar-refractivity contribution in [1.82, 2.24) is 10.4 Å². The van der Waals surface area contributed by atoms with Crippen LogP contribution in [0, 0.1) is 0 Å². The average molecular weight is 268 g/mol. The molecule has 2 aromatic rings. The van der Waals surface area contributed by atoms with E-state index >= 15 is 0 Å². The molecule has 5 heteroatoms. The molecular formula is C15H16N4O. The van der Waals surface area contributed by atoms with Crippen LogP contribution in [0.2, 0.25) is 0 Å². The molecular weight excluding hydrogens is 252 g/mol. The predicted octanol–water partition coefficient (Wildman–Crippen LogP) is 2.03. The quantitative estimate of drug-likeness (QED) is 0.644. The Morgan fingerprint density at radius 3 is 2.60 bits per heavy atom. The van der Waals surface area contributed by atoms with E-state index in [1.165, 1.54) is 0 Å². The highest BCUT2D eigenvalue weighted by Crippen LogP contribution is 2.03. The van der Waals surface area contributed by atoms with Gasteiger partial charge in [-0.15, -0.1) is 0 Å². The van der Waals surface area contributed by atoms with Gasteiger partial charge in [-0.05, 0) is 31.2 Å². The molecule has 0 bridgehead atoms. The van der Waals surface area contributed by atoms with Crippen molar-refractivity contribution in [3.05, 3.63) is 60.4 Å². The Labute approximate surface area is 117 Å². The molecule has 1 heterocycles. The first-order valence-corrected chi connectivity index (χ1v) is 6.29.